The molecule has 3 aromatic heterocycles. The van der Waals surface area contributed by atoms with Gasteiger partial charge >= 0.3 is 0 Å². The fourth-order valence-corrected chi connectivity index (χ4v) is 3.43. The third kappa shape index (κ3) is 2.94. The molecular formula is C18H20N6O3. The number of hydrogen-bond donors (Lipinski definition) is 0. The lowest BCUT2D eigenvalue weighted by Gasteiger charge is -2.15. The zero-order valence-corrected chi connectivity index (χ0v) is 15.4. The van der Waals surface area contributed by atoms with Crippen LogP contribution in [0.5, 0.6) is 0 Å². The number of carbonyl (C=O) groups excluding carboxylic acids is 2. The Morgan fingerprint density at radius 1 is 1.33 bits per heavy atom. The Labute approximate surface area is 155 Å². The van der Waals surface area contributed by atoms with Gasteiger partial charge < -0.3 is 14.3 Å². The fourth-order valence-electron chi connectivity index (χ4n) is 3.43. The summed E-state index contributed by atoms with van der Waals surface area (Å²) in [6.07, 6.45) is 4.03. The summed E-state index contributed by atoms with van der Waals surface area (Å²) in [7, 11) is 3.39. The molecule has 4 rings (SSSR count). The van der Waals surface area contributed by atoms with Crippen molar-refractivity contribution in [2.24, 2.45) is 0 Å². The first kappa shape index (κ1) is 17.2. The first-order valence-electron chi connectivity index (χ1n) is 8.72. The third-order valence-electron chi connectivity index (χ3n) is 4.81. The molecule has 27 heavy (non-hydrogen) atoms. The van der Waals surface area contributed by atoms with Gasteiger partial charge in [-0.15, -0.1) is 0 Å². The van der Waals surface area contributed by atoms with Gasteiger partial charge in [-0.1, -0.05) is 5.16 Å². The van der Waals surface area contributed by atoms with E-state index in [1.165, 1.54) is 4.90 Å². The van der Waals surface area contributed by atoms with E-state index in [0.717, 1.165) is 12.1 Å². The summed E-state index contributed by atoms with van der Waals surface area (Å²) in [4.78, 5) is 32.5. The molecule has 9 heteroatoms. The second-order valence-corrected chi connectivity index (χ2v) is 6.92. The van der Waals surface area contributed by atoms with Gasteiger partial charge in [0.2, 0.25) is 0 Å². The lowest BCUT2D eigenvalue weighted by molar-refractivity contribution is 0.0779. The molecule has 1 saturated heterocycles. The van der Waals surface area contributed by atoms with Gasteiger partial charge in [-0.2, -0.15) is 5.10 Å². The van der Waals surface area contributed by atoms with Crippen molar-refractivity contribution in [1.29, 1.82) is 0 Å². The molecule has 9 nitrogen and oxygen atoms in total. The van der Waals surface area contributed by atoms with Gasteiger partial charge in [0.1, 0.15) is 11.3 Å². The Balaban J connectivity index is 1.60. The maximum absolute atomic E-state index is 12.6. The fraction of sp³-hybridized carbons (Fsp3) is 0.389. The van der Waals surface area contributed by atoms with Crippen LogP contribution in [-0.4, -0.2) is 68.6 Å². The van der Waals surface area contributed by atoms with E-state index in [4.69, 9.17) is 4.52 Å². The number of hydrogen-bond acceptors (Lipinski definition) is 6. The van der Waals surface area contributed by atoms with Crippen molar-refractivity contribution in [3.63, 3.8) is 0 Å². The Hall–Kier alpha value is -3.23. The number of carbonyl (C=O) groups is 2. The molecule has 0 aromatic carbocycles. The molecule has 0 N–H and O–H groups in total. The van der Waals surface area contributed by atoms with Gasteiger partial charge in [0.05, 0.1) is 11.9 Å². The predicted molar refractivity (Wildman–Crippen MR) is 95.5 cm³/mol. The minimum absolute atomic E-state index is 0.106. The number of aromatic nitrogens is 4. The number of amides is 2. The van der Waals surface area contributed by atoms with Gasteiger partial charge in [0.25, 0.3) is 11.8 Å². The molecule has 0 radical (unpaired) electrons. The highest BCUT2D eigenvalue weighted by Crippen LogP contribution is 2.28. The van der Waals surface area contributed by atoms with Crippen LogP contribution in [0.3, 0.4) is 0 Å². The third-order valence-corrected chi connectivity index (χ3v) is 4.81. The van der Waals surface area contributed by atoms with Crippen LogP contribution < -0.4 is 0 Å². The maximum Gasteiger partial charge on any atom is 0.276 e. The summed E-state index contributed by atoms with van der Waals surface area (Å²) in [6.45, 7) is 2.94. The van der Waals surface area contributed by atoms with E-state index in [-0.39, 0.29) is 17.7 Å². The van der Waals surface area contributed by atoms with Gasteiger partial charge in [-0.3, -0.25) is 9.59 Å². The molecule has 1 aliphatic heterocycles. The van der Waals surface area contributed by atoms with Crippen molar-refractivity contribution in [2.75, 3.05) is 27.2 Å². The number of nitrogens with zero attached hydrogens (tertiary/aromatic N) is 6. The second-order valence-electron chi connectivity index (χ2n) is 6.92. The molecule has 0 spiro atoms. The normalized spacial score (nSPS) is 16.9. The number of likely N-dealkylation sites (tertiary alicyclic amines) is 1. The zero-order chi connectivity index (χ0) is 19.1. The van der Waals surface area contributed by atoms with Crippen LogP contribution in [0.2, 0.25) is 0 Å². The highest BCUT2D eigenvalue weighted by atomic mass is 16.5. The van der Waals surface area contributed by atoms with Crippen LogP contribution >= 0.6 is 0 Å². The SMILES string of the molecule is Cc1cc(C(=O)N2CC[C@@H](c3ccnc4c(C(=O)N(C)C)cnn34)C2)no1. The molecule has 0 aliphatic carbocycles. The van der Waals surface area contributed by atoms with Crippen LogP contribution in [0.4, 0.5) is 0 Å². The van der Waals surface area contributed by atoms with E-state index in [1.54, 1.807) is 48.9 Å². The molecule has 3 aromatic rings. The lowest BCUT2D eigenvalue weighted by Crippen LogP contribution is -2.28. The highest BCUT2D eigenvalue weighted by molar-refractivity contribution is 5.99. The average molecular weight is 368 g/mol. The maximum atomic E-state index is 12.6. The van der Waals surface area contributed by atoms with E-state index in [1.807, 2.05) is 6.07 Å². The first-order chi connectivity index (χ1) is 13.0. The summed E-state index contributed by atoms with van der Waals surface area (Å²) < 4.78 is 6.71. The van der Waals surface area contributed by atoms with Crippen molar-refractivity contribution < 1.29 is 14.1 Å². The van der Waals surface area contributed by atoms with E-state index >= 15 is 0 Å². The average Bonchev–Trinajstić information content (AvgIpc) is 3.39. The van der Waals surface area contributed by atoms with E-state index < -0.39 is 0 Å². The smallest absolute Gasteiger partial charge is 0.276 e. The summed E-state index contributed by atoms with van der Waals surface area (Å²) in [5.74, 6) is 0.442. The standard InChI is InChI=1S/C18H20N6O3/c1-11-8-14(21-27-11)18(26)23-7-5-12(10-23)15-4-6-19-16-13(9-20-24(15)16)17(25)22(2)3/h4,6,8-9,12H,5,7,10H2,1-3H3/t12-/m1/s1. The van der Waals surface area contributed by atoms with E-state index in [9.17, 15) is 9.59 Å². The van der Waals surface area contributed by atoms with Gasteiger partial charge in [0, 0.05) is 45.4 Å². The summed E-state index contributed by atoms with van der Waals surface area (Å²) in [6, 6.07) is 3.54. The van der Waals surface area contributed by atoms with Crippen molar-refractivity contribution in [2.45, 2.75) is 19.3 Å². The molecule has 0 saturated carbocycles. The van der Waals surface area contributed by atoms with Crippen LogP contribution in [0.15, 0.2) is 29.0 Å². The summed E-state index contributed by atoms with van der Waals surface area (Å²) in [5, 5.41) is 8.19. The van der Waals surface area contributed by atoms with Crippen molar-refractivity contribution in [3.8, 4) is 0 Å². The molecular weight excluding hydrogens is 348 g/mol. The number of rotatable bonds is 3. The Morgan fingerprint density at radius 2 is 2.15 bits per heavy atom. The highest BCUT2D eigenvalue weighted by Gasteiger charge is 2.31. The zero-order valence-electron chi connectivity index (χ0n) is 15.4. The molecule has 0 unspecified atom stereocenters. The topological polar surface area (TPSA) is 96.8 Å². The lowest BCUT2D eigenvalue weighted by atomic mass is 10.0. The molecule has 0 bridgehead atoms. The predicted octanol–water partition coefficient (Wildman–Crippen LogP) is 1.36. The first-order valence-corrected chi connectivity index (χ1v) is 8.72. The monoisotopic (exact) mass is 368 g/mol. The Morgan fingerprint density at radius 3 is 2.85 bits per heavy atom. The van der Waals surface area contributed by atoms with Gasteiger partial charge in [-0.25, -0.2) is 9.50 Å². The number of fused-ring (bicyclic) bond motifs is 1. The second kappa shape index (κ2) is 6.49. The molecule has 1 atom stereocenters. The summed E-state index contributed by atoms with van der Waals surface area (Å²) >= 11 is 0. The van der Waals surface area contributed by atoms with Crippen molar-refractivity contribution in [3.05, 3.63) is 47.2 Å². The quantitative estimate of drug-likeness (QED) is 0.692. The number of aryl methyl sites for hydroxylation is 1. The molecule has 140 valence electrons. The van der Waals surface area contributed by atoms with Crippen molar-refractivity contribution >= 4 is 17.5 Å². The van der Waals surface area contributed by atoms with Crippen LogP contribution in [-0.2, 0) is 0 Å². The largest absolute Gasteiger partial charge is 0.361 e. The molecule has 1 aliphatic rings. The van der Waals surface area contributed by atoms with Gasteiger partial charge in [-0.05, 0) is 19.4 Å². The van der Waals surface area contributed by atoms with Crippen LogP contribution in [0, 0.1) is 6.92 Å². The molecule has 4 heterocycles. The van der Waals surface area contributed by atoms with E-state index in [2.05, 4.69) is 15.2 Å². The molecule has 1 fully saturated rings. The molecule has 2 amide bonds. The van der Waals surface area contributed by atoms with Crippen LogP contribution in [0.25, 0.3) is 5.65 Å². The Bertz CT molecular complexity index is 1020. The minimum Gasteiger partial charge on any atom is -0.361 e. The van der Waals surface area contributed by atoms with Gasteiger partial charge in [0.15, 0.2) is 11.3 Å². The minimum atomic E-state index is -0.140. The van der Waals surface area contributed by atoms with Crippen molar-refractivity contribution in [1.82, 2.24) is 29.6 Å². The van der Waals surface area contributed by atoms with E-state index in [0.29, 0.717) is 35.8 Å². The summed E-state index contributed by atoms with van der Waals surface area (Å²) in [5.41, 5.74) is 2.25. The van der Waals surface area contributed by atoms with Crippen LogP contribution in [0.1, 0.15) is 44.6 Å². The Kier molecular flexibility index (Phi) is 4.14.